The number of aliphatic hydroxyl groups excluding tert-OH is 5. The largest absolute Gasteiger partial charge is 0.470 e. The van der Waals surface area contributed by atoms with Crippen LogP contribution in [0, 0.1) is 0 Å². The summed E-state index contributed by atoms with van der Waals surface area (Å²) in [7, 11) is -5.56. The second-order valence-corrected chi connectivity index (χ2v) is 31.9. The maximum absolute atomic E-state index is 14.8. The van der Waals surface area contributed by atoms with E-state index in [0.29, 0.717) is 51.4 Å². The second-order valence-electron chi connectivity index (χ2n) is 30.7. The maximum atomic E-state index is 14.8. The molecule has 0 aromatic carbocycles. The Hall–Kier alpha value is -2.86. The summed E-state index contributed by atoms with van der Waals surface area (Å²) in [5.74, 6) is -3.45. The number of unbranched alkanes of at least 4 members (excludes halogenated alkanes) is 44. The predicted molar refractivity (Wildman–Crippen MR) is 413 cm³/mol. The molecule has 2 rings (SSSR count). The molecular formula is C82H155N2O20P. The number of aliphatic hydroxyl groups is 5. The topological polar surface area (TPSA) is 333 Å². The summed E-state index contributed by atoms with van der Waals surface area (Å²) in [6.07, 6.45) is 34.5. The van der Waals surface area contributed by atoms with Crippen molar-refractivity contribution in [3.8, 4) is 0 Å². The minimum Gasteiger partial charge on any atom is -0.462 e. The average Bonchev–Trinajstić information content (AvgIpc) is 0.771. The van der Waals surface area contributed by atoms with Gasteiger partial charge in [-0.05, 0) is 44.9 Å². The summed E-state index contributed by atoms with van der Waals surface area (Å²) in [5.41, 5.74) is 0. The summed E-state index contributed by atoms with van der Waals surface area (Å²) in [6.45, 7) is 9.19. The first-order chi connectivity index (χ1) is 50.8. The van der Waals surface area contributed by atoms with E-state index >= 15 is 0 Å². The maximum Gasteiger partial charge on any atom is 0.470 e. The van der Waals surface area contributed by atoms with E-state index in [2.05, 4.69) is 45.3 Å². The van der Waals surface area contributed by atoms with Gasteiger partial charge in [0.25, 0.3) is 0 Å². The van der Waals surface area contributed by atoms with Crippen molar-refractivity contribution in [2.24, 2.45) is 0 Å². The first-order valence-corrected chi connectivity index (χ1v) is 44.5. The molecule has 0 radical (unpaired) electrons. The molecule has 22 nitrogen and oxygen atoms in total. The van der Waals surface area contributed by atoms with Crippen LogP contribution in [-0.4, -0.2) is 158 Å². The van der Waals surface area contributed by atoms with Crippen LogP contribution in [0.2, 0.25) is 0 Å². The Bertz CT molecular complexity index is 2180. The zero-order chi connectivity index (χ0) is 77.0. The third-order valence-corrected chi connectivity index (χ3v) is 21.4. The molecule has 2 fully saturated rings. The Kier molecular flexibility index (Phi) is 60.6. The summed E-state index contributed by atoms with van der Waals surface area (Å²) in [4.78, 5) is 91.0. The fourth-order valence-electron chi connectivity index (χ4n) is 14.4. The van der Waals surface area contributed by atoms with Crippen LogP contribution in [0.15, 0.2) is 0 Å². The van der Waals surface area contributed by atoms with Crippen molar-refractivity contribution in [3.05, 3.63) is 0 Å². The van der Waals surface area contributed by atoms with Gasteiger partial charge in [-0.15, -0.1) is 0 Å². The van der Waals surface area contributed by atoms with E-state index in [0.717, 1.165) is 154 Å². The van der Waals surface area contributed by atoms with Crippen molar-refractivity contribution in [2.75, 3.05) is 13.2 Å². The van der Waals surface area contributed by atoms with E-state index in [1.807, 2.05) is 0 Å². The smallest absolute Gasteiger partial charge is 0.462 e. The van der Waals surface area contributed by atoms with E-state index in [9.17, 15) is 63.9 Å². The van der Waals surface area contributed by atoms with Crippen LogP contribution in [-0.2, 0) is 61.5 Å². The van der Waals surface area contributed by atoms with Gasteiger partial charge in [-0.25, -0.2) is 4.57 Å². The fraction of sp³-hybridized carbons (Fsp3) is 0.939. The highest BCUT2D eigenvalue weighted by Crippen LogP contribution is 2.43. The van der Waals surface area contributed by atoms with Crippen LogP contribution in [0.25, 0.3) is 0 Å². The van der Waals surface area contributed by atoms with Crippen molar-refractivity contribution < 1.29 is 96.8 Å². The van der Waals surface area contributed by atoms with E-state index < -0.39 is 143 Å². The van der Waals surface area contributed by atoms with Crippen molar-refractivity contribution in [1.29, 1.82) is 0 Å². The Morgan fingerprint density at radius 1 is 0.400 bits per heavy atom. The van der Waals surface area contributed by atoms with E-state index in [4.69, 9.17) is 32.9 Å². The van der Waals surface area contributed by atoms with E-state index in [1.165, 1.54) is 128 Å². The first-order valence-electron chi connectivity index (χ1n) is 43.0. The van der Waals surface area contributed by atoms with Gasteiger partial charge in [0.15, 0.2) is 18.7 Å². The third-order valence-electron chi connectivity index (χ3n) is 20.8. The number of carbonyl (C=O) groups is 5. The van der Waals surface area contributed by atoms with E-state index in [-0.39, 0.29) is 19.3 Å². The zero-order valence-corrected chi connectivity index (χ0v) is 67.5. The number of ether oxygens (including phenoxy) is 6. The number of rotatable bonds is 71. The normalized spacial score (nSPS) is 21.4. The molecule has 5 unspecified atom stereocenters. The molecule has 0 saturated carbocycles. The zero-order valence-electron chi connectivity index (χ0n) is 66.6. The molecule has 2 amide bonds. The Morgan fingerprint density at radius 3 is 1.12 bits per heavy atom. The molecule has 2 saturated heterocycles. The lowest BCUT2D eigenvalue weighted by Gasteiger charge is -2.46. The highest BCUT2D eigenvalue weighted by atomic mass is 31.2. The first kappa shape index (κ1) is 98.2. The molecule has 0 spiro atoms. The second kappa shape index (κ2) is 64.8. The van der Waals surface area contributed by atoms with Gasteiger partial charge in [-0.2, -0.15) is 0 Å². The summed E-state index contributed by atoms with van der Waals surface area (Å²) >= 11 is 0. The van der Waals surface area contributed by atoms with Crippen molar-refractivity contribution in [1.82, 2.24) is 10.6 Å². The molecule has 2 aliphatic heterocycles. The van der Waals surface area contributed by atoms with Crippen molar-refractivity contribution in [3.63, 3.8) is 0 Å². The summed E-state index contributed by atoms with van der Waals surface area (Å²) < 4.78 is 54.8. The number of phosphoric ester groups is 1. The molecule has 0 bridgehead atoms. The molecule has 618 valence electrons. The highest BCUT2D eigenvalue weighted by Gasteiger charge is 2.53. The van der Waals surface area contributed by atoms with Gasteiger partial charge in [-0.3, -0.25) is 28.5 Å². The highest BCUT2D eigenvalue weighted by molar-refractivity contribution is 7.46. The van der Waals surface area contributed by atoms with Gasteiger partial charge in [0, 0.05) is 12.8 Å². The number of phosphoric acid groups is 1. The lowest BCUT2D eigenvalue weighted by atomic mass is 9.95. The quantitative estimate of drug-likeness (QED) is 0.0118. The third kappa shape index (κ3) is 50.6. The van der Waals surface area contributed by atoms with Gasteiger partial charge in [0.1, 0.15) is 54.8 Å². The van der Waals surface area contributed by atoms with E-state index in [1.54, 1.807) is 0 Å². The Balaban J connectivity index is 2.52. The number of amides is 2. The van der Waals surface area contributed by atoms with Gasteiger partial charge in [0.05, 0.1) is 38.6 Å². The average molecular weight is 1520 g/mol. The fourth-order valence-corrected chi connectivity index (χ4v) is 15.0. The molecule has 0 aromatic rings. The molecule has 0 aliphatic carbocycles. The van der Waals surface area contributed by atoms with Crippen LogP contribution < -0.4 is 10.6 Å². The van der Waals surface area contributed by atoms with Crippen molar-refractivity contribution in [2.45, 2.75) is 480 Å². The van der Waals surface area contributed by atoms with Crippen LogP contribution in [0.1, 0.15) is 401 Å². The monoisotopic (exact) mass is 1520 g/mol. The standard InChI is InChI=1S/C82H155N2O20P/c1-6-11-16-21-26-31-33-38-43-48-53-58-72(89)99-66(56-51-46-41-36-29-24-19-14-9-4)61-71(88)84-76-80(103-74(91)62-67(57-52-47-42-37-30-25-20-15-10-5)100-73(90)59-54-49-44-39-34-32-27-22-17-12-7-2)79(104-105(95,96)97)68(63-85)102-82(76)98-64-69-77(92)78(93)75(81(94)101-69)83-70(87)60-65(86)55-50-45-40-35-28-23-18-13-8-3/h65-69,75-82,85-86,92-94H,6-64H2,1-5H3,(H,83,87)(H,84,88)(H2,95,96,97)/t65-,66-,67-,68?,69?,75?,76?,77-,78-,79-,80-,81?,82-/m1/s1. The van der Waals surface area contributed by atoms with Gasteiger partial charge >= 0.3 is 25.7 Å². The number of carbonyl (C=O) groups excluding carboxylic acids is 5. The number of hydrogen-bond donors (Lipinski definition) is 9. The molecule has 0 aromatic heterocycles. The summed E-state index contributed by atoms with van der Waals surface area (Å²) in [5, 5.41) is 61.3. The molecular weight excluding hydrogens is 1360 g/mol. The Morgan fingerprint density at radius 2 is 0.743 bits per heavy atom. The predicted octanol–water partition coefficient (Wildman–Crippen LogP) is 17.0. The molecule has 23 heteroatoms. The van der Waals surface area contributed by atoms with Gasteiger partial charge in [0.2, 0.25) is 11.8 Å². The number of esters is 3. The number of nitrogens with one attached hydrogen (secondary N) is 2. The molecule has 9 N–H and O–H groups in total. The SMILES string of the molecule is CCCCCCCCCCCCCC(=O)O[C@H](CCCCCCCCCCC)CC(=O)NC1[C@H](OCC2OC(O)C(NC(=O)C[C@H](O)CCCCCCCCCCC)[C@@H](O)[C@@H]2O)OC(CO)[C@@H](OP(=O)(O)O)[C@@H]1OC(=O)C[C@@H](CCCCCCCCCCC)OC(=O)CCCCCCCCCCCCC. The lowest BCUT2D eigenvalue weighted by Crippen LogP contribution is -2.67. The van der Waals surface area contributed by atoms with Crippen LogP contribution in [0.4, 0.5) is 0 Å². The molecule has 13 atom stereocenters. The number of hydrogen-bond acceptors (Lipinski definition) is 18. The van der Waals surface area contributed by atoms with Crippen LogP contribution in [0.5, 0.6) is 0 Å². The van der Waals surface area contributed by atoms with Crippen LogP contribution in [0.3, 0.4) is 0 Å². The Labute approximate surface area is 635 Å². The van der Waals surface area contributed by atoms with Crippen LogP contribution >= 0.6 is 7.82 Å². The lowest BCUT2D eigenvalue weighted by molar-refractivity contribution is -0.297. The van der Waals surface area contributed by atoms with Gasteiger partial charge in [-0.1, -0.05) is 324 Å². The molecule has 2 aliphatic rings. The van der Waals surface area contributed by atoms with Crippen molar-refractivity contribution >= 4 is 37.5 Å². The summed E-state index contributed by atoms with van der Waals surface area (Å²) in [6, 6.07) is -3.31. The molecule has 105 heavy (non-hydrogen) atoms. The van der Waals surface area contributed by atoms with Gasteiger partial charge < -0.3 is 74.4 Å². The minimum absolute atomic E-state index is 0.130. The molecule has 2 heterocycles. The minimum atomic E-state index is -5.56.